The zero-order valence-corrected chi connectivity index (χ0v) is 10.8. The molecular formula is C12H14F4N2O2. The SMILES string of the molecule is CC(C)(CO)NC(=O)Nc1cc(C(F)(F)F)ccc1F. The van der Waals surface area contributed by atoms with Crippen molar-refractivity contribution in [1.29, 1.82) is 0 Å². The zero-order valence-electron chi connectivity index (χ0n) is 10.8. The lowest BCUT2D eigenvalue weighted by Gasteiger charge is -2.23. The number of halogens is 4. The fourth-order valence-electron chi connectivity index (χ4n) is 1.30. The first-order valence-corrected chi connectivity index (χ1v) is 5.62. The lowest BCUT2D eigenvalue weighted by molar-refractivity contribution is -0.137. The normalized spacial score (nSPS) is 12.2. The Morgan fingerprint density at radius 3 is 2.40 bits per heavy atom. The number of benzene rings is 1. The molecule has 0 fully saturated rings. The van der Waals surface area contributed by atoms with Gasteiger partial charge < -0.3 is 15.7 Å². The lowest BCUT2D eigenvalue weighted by Crippen LogP contribution is -2.48. The van der Waals surface area contributed by atoms with Gasteiger partial charge in [-0.2, -0.15) is 13.2 Å². The average Bonchev–Trinajstić information content (AvgIpc) is 2.30. The summed E-state index contributed by atoms with van der Waals surface area (Å²) in [6, 6.07) is 0.786. The van der Waals surface area contributed by atoms with Crippen LogP contribution in [0.5, 0.6) is 0 Å². The van der Waals surface area contributed by atoms with E-state index >= 15 is 0 Å². The van der Waals surface area contributed by atoms with Gasteiger partial charge in [0.05, 0.1) is 23.4 Å². The van der Waals surface area contributed by atoms with Crippen LogP contribution in [0.3, 0.4) is 0 Å². The van der Waals surface area contributed by atoms with Crippen LogP contribution in [0.2, 0.25) is 0 Å². The zero-order chi connectivity index (χ0) is 15.6. The molecule has 0 bridgehead atoms. The van der Waals surface area contributed by atoms with E-state index in [1.54, 1.807) is 0 Å². The van der Waals surface area contributed by atoms with Crippen LogP contribution in [0.4, 0.5) is 28.0 Å². The minimum absolute atomic E-state index is 0.383. The van der Waals surface area contributed by atoms with Gasteiger partial charge in [-0.3, -0.25) is 0 Å². The summed E-state index contributed by atoms with van der Waals surface area (Å²) >= 11 is 0. The third-order valence-corrected chi connectivity index (χ3v) is 2.39. The van der Waals surface area contributed by atoms with Crippen molar-refractivity contribution >= 4 is 11.7 Å². The molecular weight excluding hydrogens is 280 g/mol. The molecule has 8 heteroatoms. The van der Waals surface area contributed by atoms with Crippen LogP contribution < -0.4 is 10.6 Å². The third kappa shape index (κ3) is 4.37. The maximum Gasteiger partial charge on any atom is 0.416 e. The van der Waals surface area contributed by atoms with Gasteiger partial charge in [0.25, 0.3) is 0 Å². The summed E-state index contributed by atoms with van der Waals surface area (Å²) in [6.07, 6.45) is -4.63. The van der Waals surface area contributed by atoms with E-state index in [1.165, 1.54) is 13.8 Å². The molecule has 0 atom stereocenters. The number of alkyl halides is 3. The van der Waals surface area contributed by atoms with Crippen LogP contribution in [0.1, 0.15) is 19.4 Å². The van der Waals surface area contributed by atoms with Crippen LogP contribution in [-0.4, -0.2) is 23.3 Å². The van der Waals surface area contributed by atoms with Crippen molar-refractivity contribution in [2.24, 2.45) is 0 Å². The predicted molar refractivity (Wildman–Crippen MR) is 64.7 cm³/mol. The quantitative estimate of drug-likeness (QED) is 0.751. The second kappa shape index (κ2) is 5.66. The van der Waals surface area contributed by atoms with Crippen molar-refractivity contribution < 1.29 is 27.5 Å². The predicted octanol–water partition coefficient (Wildman–Crippen LogP) is 2.74. The Hall–Kier alpha value is -1.83. The molecule has 0 aliphatic carbocycles. The highest BCUT2D eigenvalue weighted by molar-refractivity contribution is 5.90. The van der Waals surface area contributed by atoms with Gasteiger partial charge in [0.1, 0.15) is 5.82 Å². The number of hydrogen-bond donors (Lipinski definition) is 3. The van der Waals surface area contributed by atoms with Gasteiger partial charge in [0, 0.05) is 0 Å². The van der Waals surface area contributed by atoms with Crippen molar-refractivity contribution in [3.63, 3.8) is 0 Å². The molecule has 0 radical (unpaired) electrons. The summed E-state index contributed by atoms with van der Waals surface area (Å²) in [5, 5.41) is 13.2. The van der Waals surface area contributed by atoms with Gasteiger partial charge >= 0.3 is 12.2 Å². The molecule has 2 amide bonds. The minimum atomic E-state index is -4.63. The van der Waals surface area contributed by atoms with Crippen LogP contribution in [0.25, 0.3) is 0 Å². The van der Waals surface area contributed by atoms with Gasteiger partial charge in [-0.05, 0) is 32.0 Å². The van der Waals surface area contributed by atoms with Crippen molar-refractivity contribution in [3.8, 4) is 0 Å². The second-order valence-corrected chi connectivity index (χ2v) is 4.81. The van der Waals surface area contributed by atoms with Gasteiger partial charge in [0.2, 0.25) is 0 Å². The van der Waals surface area contributed by atoms with Gasteiger partial charge in [0.15, 0.2) is 0 Å². The van der Waals surface area contributed by atoms with E-state index in [9.17, 15) is 22.4 Å². The molecule has 4 nitrogen and oxygen atoms in total. The first-order chi connectivity index (χ1) is 9.05. The van der Waals surface area contributed by atoms with E-state index in [0.29, 0.717) is 18.2 Å². The fourth-order valence-corrected chi connectivity index (χ4v) is 1.30. The highest BCUT2D eigenvalue weighted by atomic mass is 19.4. The summed E-state index contributed by atoms with van der Waals surface area (Å²) < 4.78 is 50.8. The van der Waals surface area contributed by atoms with Crippen molar-refractivity contribution in [3.05, 3.63) is 29.6 Å². The third-order valence-electron chi connectivity index (χ3n) is 2.39. The van der Waals surface area contributed by atoms with E-state index in [0.717, 1.165) is 0 Å². The molecule has 0 saturated heterocycles. The molecule has 0 heterocycles. The molecule has 1 aromatic carbocycles. The molecule has 0 aliphatic heterocycles. The summed E-state index contributed by atoms with van der Waals surface area (Å²) in [5.41, 5.74) is -2.65. The second-order valence-electron chi connectivity index (χ2n) is 4.81. The Morgan fingerprint density at radius 1 is 1.30 bits per heavy atom. The molecule has 112 valence electrons. The summed E-state index contributed by atoms with van der Waals surface area (Å²) in [6.45, 7) is 2.61. The fraction of sp³-hybridized carbons (Fsp3) is 0.417. The topological polar surface area (TPSA) is 61.4 Å². The van der Waals surface area contributed by atoms with E-state index in [-0.39, 0.29) is 6.61 Å². The monoisotopic (exact) mass is 294 g/mol. The van der Waals surface area contributed by atoms with Crippen molar-refractivity contribution in [2.75, 3.05) is 11.9 Å². The van der Waals surface area contributed by atoms with Crippen LogP contribution in [-0.2, 0) is 6.18 Å². The maximum atomic E-state index is 13.4. The van der Waals surface area contributed by atoms with Gasteiger partial charge in [-0.1, -0.05) is 0 Å². The molecule has 0 saturated carbocycles. The number of aliphatic hydroxyl groups excluding tert-OH is 1. The van der Waals surface area contributed by atoms with E-state index in [4.69, 9.17) is 5.11 Å². The molecule has 0 aliphatic rings. The van der Waals surface area contributed by atoms with E-state index < -0.39 is 34.8 Å². The molecule has 0 unspecified atom stereocenters. The lowest BCUT2D eigenvalue weighted by atomic mass is 10.1. The summed E-state index contributed by atoms with van der Waals surface area (Å²) in [4.78, 5) is 11.5. The van der Waals surface area contributed by atoms with E-state index in [1.807, 2.05) is 5.32 Å². The van der Waals surface area contributed by atoms with Crippen molar-refractivity contribution in [1.82, 2.24) is 5.32 Å². The number of hydrogen-bond acceptors (Lipinski definition) is 2. The Labute approximate surface area is 112 Å². The molecule has 1 rings (SSSR count). The first-order valence-electron chi connectivity index (χ1n) is 5.62. The summed E-state index contributed by atoms with van der Waals surface area (Å²) in [7, 11) is 0. The van der Waals surface area contributed by atoms with Crippen molar-refractivity contribution in [2.45, 2.75) is 25.6 Å². The molecule has 0 aromatic heterocycles. The largest absolute Gasteiger partial charge is 0.416 e. The molecule has 0 spiro atoms. The molecule has 3 N–H and O–H groups in total. The highest BCUT2D eigenvalue weighted by Gasteiger charge is 2.31. The number of urea groups is 1. The van der Waals surface area contributed by atoms with Gasteiger partial charge in [-0.25, -0.2) is 9.18 Å². The highest BCUT2D eigenvalue weighted by Crippen LogP contribution is 2.31. The standard InChI is InChI=1S/C12H14F4N2O2/c1-11(2,6-19)18-10(20)17-9-5-7(12(14,15)16)3-4-8(9)13/h3-5,19H,6H2,1-2H3,(H2,17,18,20). The number of carbonyl (C=O) groups excluding carboxylic acids is 1. The Kier molecular flexibility index (Phi) is 4.59. The van der Waals surface area contributed by atoms with Crippen LogP contribution in [0.15, 0.2) is 18.2 Å². The number of anilines is 1. The van der Waals surface area contributed by atoms with E-state index in [2.05, 4.69) is 5.32 Å². The Bertz CT molecular complexity index is 501. The average molecular weight is 294 g/mol. The smallest absolute Gasteiger partial charge is 0.394 e. The minimum Gasteiger partial charge on any atom is -0.394 e. The molecule has 20 heavy (non-hydrogen) atoms. The Balaban J connectivity index is 2.90. The number of carbonyl (C=O) groups is 1. The molecule has 1 aromatic rings. The van der Waals surface area contributed by atoms with Gasteiger partial charge in [-0.15, -0.1) is 0 Å². The number of rotatable bonds is 3. The summed E-state index contributed by atoms with van der Waals surface area (Å²) in [5.74, 6) is -0.991. The number of aliphatic hydroxyl groups is 1. The van der Waals surface area contributed by atoms with Crippen LogP contribution >= 0.6 is 0 Å². The first kappa shape index (κ1) is 16.2. The Morgan fingerprint density at radius 2 is 1.90 bits per heavy atom. The number of amides is 2. The number of nitrogens with one attached hydrogen (secondary N) is 2. The van der Waals surface area contributed by atoms with Crippen LogP contribution in [0, 0.1) is 5.82 Å². The maximum absolute atomic E-state index is 13.4.